The molecule has 0 N–H and O–H groups in total. The van der Waals surface area contributed by atoms with Crippen molar-refractivity contribution in [3.05, 3.63) is 35.1 Å². The third kappa shape index (κ3) is 3.05. The molecule has 0 unspecified atom stereocenters. The van der Waals surface area contributed by atoms with E-state index < -0.39 is 5.82 Å². The van der Waals surface area contributed by atoms with Crippen LogP contribution in [-0.2, 0) is 6.54 Å². The Balaban J connectivity index is 2.80. The Hall–Kier alpha value is -1.91. The maximum Gasteiger partial charge on any atom is 0.140 e. The standard InChI is InChI=1S/C11H10FN3/c1-15(5-4-13)8-9-2-3-11(12)10(6-9)7-14/h2-3,6H,5,8H2,1H3. The summed E-state index contributed by atoms with van der Waals surface area (Å²) in [5.41, 5.74) is 0.864. The number of halogens is 1. The molecule has 0 amide bonds. The SMILES string of the molecule is CN(CC#N)Cc1ccc(F)c(C#N)c1. The maximum atomic E-state index is 13.0. The van der Waals surface area contributed by atoms with Crippen molar-refractivity contribution in [1.29, 1.82) is 10.5 Å². The molecule has 1 aromatic carbocycles. The summed E-state index contributed by atoms with van der Waals surface area (Å²) in [4.78, 5) is 1.79. The summed E-state index contributed by atoms with van der Waals surface area (Å²) in [6.07, 6.45) is 0. The summed E-state index contributed by atoms with van der Waals surface area (Å²) in [6, 6.07) is 8.19. The lowest BCUT2D eigenvalue weighted by atomic mass is 10.1. The molecule has 0 radical (unpaired) electrons. The van der Waals surface area contributed by atoms with Crippen LogP contribution < -0.4 is 0 Å². The molecule has 4 heteroatoms. The minimum absolute atomic E-state index is 0.0397. The summed E-state index contributed by atoms with van der Waals surface area (Å²) in [5.74, 6) is -0.510. The van der Waals surface area contributed by atoms with Crippen LogP contribution in [-0.4, -0.2) is 18.5 Å². The molecule has 0 fully saturated rings. The third-order valence-corrected chi connectivity index (χ3v) is 1.94. The quantitative estimate of drug-likeness (QED) is 0.702. The van der Waals surface area contributed by atoms with Gasteiger partial charge in [0.15, 0.2) is 0 Å². The molecule has 0 aliphatic rings. The van der Waals surface area contributed by atoms with Gasteiger partial charge >= 0.3 is 0 Å². The summed E-state index contributed by atoms with van der Waals surface area (Å²) in [6.45, 7) is 0.835. The fraction of sp³-hybridized carbons (Fsp3) is 0.273. The van der Waals surface area contributed by atoms with Crippen molar-refractivity contribution >= 4 is 0 Å². The summed E-state index contributed by atoms with van der Waals surface area (Å²) in [5, 5.41) is 17.1. The Labute approximate surface area is 88.0 Å². The zero-order valence-electron chi connectivity index (χ0n) is 8.37. The van der Waals surface area contributed by atoms with Gasteiger partial charge in [0.05, 0.1) is 18.2 Å². The minimum atomic E-state index is -0.510. The molecule has 0 aliphatic heterocycles. The highest BCUT2D eigenvalue weighted by molar-refractivity contribution is 5.34. The molecule has 15 heavy (non-hydrogen) atoms. The molecule has 0 bridgehead atoms. The lowest BCUT2D eigenvalue weighted by Gasteiger charge is -2.12. The highest BCUT2D eigenvalue weighted by atomic mass is 19.1. The van der Waals surface area contributed by atoms with Crippen LogP contribution in [0.3, 0.4) is 0 Å². The van der Waals surface area contributed by atoms with Gasteiger partial charge < -0.3 is 0 Å². The number of hydrogen-bond acceptors (Lipinski definition) is 3. The van der Waals surface area contributed by atoms with Crippen molar-refractivity contribution in [1.82, 2.24) is 4.90 Å². The van der Waals surface area contributed by atoms with Gasteiger partial charge in [0.2, 0.25) is 0 Å². The second-order valence-electron chi connectivity index (χ2n) is 3.26. The topological polar surface area (TPSA) is 50.8 Å². The van der Waals surface area contributed by atoms with Crippen molar-refractivity contribution in [2.75, 3.05) is 13.6 Å². The Kier molecular flexibility index (Phi) is 3.79. The van der Waals surface area contributed by atoms with E-state index in [1.165, 1.54) is 12.1 Å². The zero-order chi connectivity index (χ0) is 11.3. The average Bonchev–Trinajstić information content (AvgIpc) is 2.21. The van der Waals surface area contributed by atoms with Crippen LogP contribution in [0, 0.1) is 28.5 Å². The fourth-order valence-corrected chi connectivity index (χ4v) is 1.24. The lowest BCUT2D eigenvalue weighted by Crippen LogP contribution is -2.17. The highest BCUT2D eigenvalue weighted by Gasteiger charge is 2.04. The van der Waals surface area contributed by atoms with Crippen LogP contribution >= 0.6 is 0 Å². The van der Waals surface area contributed by atoms with Gasteiger partial charge in [0.25, 0.3) is 0 Å². The number of nitrogens with zero attached hydrogens (tertiary/aromatic N) is 3. The molecular weight excluding hydrogens is 193 g/mol. The van der Waals surface area contributed by atoms with Gasteiger partial charge in [0, 0.05) is 6.54 Å². The van der Waals surface area contributed by atoms with Crippen LogP contribution in [0.25, 0.3) is 0 Å². The van der Waals surface area contributed by atoms with Gasteiger partial charge in [-0.1, -0.05) is 6.07 Å². The van der Waals surface area contributed by atoms with E-state index in [4.69, 9.17) is 10.5 Å². The minimum Gasteiger partial charge on any atom is -0.289 e. The number of rotatable bonds is 3. The monoisotopic (exact) mass is 203 g/mol. The lowest BCUT2D eigenvalue weighted by molar-refractivity contribution is 0.367. The Bertz CT molecular complexity index is 428. The van der Waals surface area contributed by atoms with E-state index in [1.807, 2.05) is 6.07 Å². The van der Waals surface area contributed by atoms with Crippen molar-refractivity contribution in [2.24, 2.45) is 0 Å². The van der Waals surface area contributed by atoms with Crippen molar-refractivity contribution in [2.45, 2.75) is 6.54 Å². The van der Waals surface area contributed by atoms with Gasteiger partial charge in [0.1, 0.15) is 11.9 Å². The Morgan fingerprint density at radius 3 is 2.73 bits per heavy atom. The van der Waals surface area contributed by atoms with E-state index in [9.17, 15) is 4.39 Å². The van der Waals surface area contributed by atoms with Gasteiger partial charge in [-0.3, -0.25) is 4.90 Å². The Morgan fingerprint density at radius 1 is 1.40 bits per heavy atom. The van der Waals surface area contributed by atoms with Crippen LogP contribution in [0.1, 0.15) is 11.1 Å². The van der Waals surface area contributed by atoms with Crippen LogP contribution in [0.4, 0.5) is 4.39 Å². The van der Waals surface area contributed by atoms with E-state index in [2.05, 4.69) is 0 Å². The first-order chi connectivity index (χ1) is 7.17. The second kappa shape index (κ2) is 5.09. The van der Waals surface area contributed by atoms with Crippen LogP contribution in [0.5, 0.6) is 0 Å². The first kappa shape index (κ1) is 11.2. The predicted octanol–water partition coefficient (Wildman–Crippen LogP) is 1.65. The molecule has 0 atom stereocenters. The van der Waals surface area contributed by atoms with Gasteiger partial charge in [-0.25, -0.2) is 4.39 Å². The molecule has 0 aliphatic carbocycles. The molecule has 3 nitrogen and oxygen atoms in total. The Morgan fingerprint density at radius 2 is 2.13 bits per heavy atom. The fourth-order valence-electron chi connectivity index (χ4n) is 1.24. The average molecular weight is 203 g/mol. The molecule has 0 aromatic heterocycles. The molecule has 0 heterocycles. The number of hydrogen-bond donors (Lipinski definition) is 0. The molecule has 0 spiro atoms. The first-order valence-electron chi connectivity index (χ1n) is 4.41. The van der Waals surface area contributed by atoms with Crippen molar-refractivity contribution < 1.29 is 4.39 Å². The molecule has 0 saturated carbocycles. The zero-order valence-corrected chi connectivity index (χ0v) is 8.37. The third-order valence-electron chi connectivity index (χ3n) is 1.94. The molecular formula is C11H10FN3. The van der Waals surface area contributed by atoms with Crippen molar-refractivity contribution in [3.63, 3.8) is 0 Å². The first-order valence-corrected chi connectivity index (χ1v) is 4.41. The number of nitriles is 2. The maximum absolute atomic E-state index is 13.0. The van der Waals surface area contributed by atoms with Gasteiger partial charge in [-0.15, -0.1) is 0 Å². The molecule has 0 saturated heterocycles. The normalized spacial score (nSPS) is 9.67. The summed E-state index contributed by atoms with van der Waals surface area (Å²) >= 11 is 0. The van der Waals surface area contributed by atoms with Gasteiger partial charge in [-0.05, 0) is 24.7 Å². The van der Waals surface area contributed by atoms with Gasteiger partial charge in [-0.2, -0.15) is 10.5 Å². The smallest absolute Gasteiger partial charge is 0.140 e. The van der Waals surface area contributed by atoms with Crippen LogP contribution in [0.15, 0.2) is 18.2 Å². The second-order valence-corrected chi connectivity index (χ2v) is 3.26. The molecule has 1 aromatic rings. The largest absolute Gasteiger partial charge is 0.289 e. The van der Waals surface area contributed by atoms with Crippen LogP contribution in [0.2, 0.25) is 0 Å². The molecule has 1 rings (SSSR count). The van der Waals surface area contributed by atoms with E-state index in [1.54, 1.807) is 24.1 Å². The van der Waals surface area contributed by atoms with Crippen molar-refractivity contribution in [3.8, 4) is 12.1 Å². The molecule has 76 valence electrons. The van der Waals surface area contributed by atoms with E-state index >= 15 is 0 Å². The number of benzene rings is 1. The summed E-state index contributed by atoms with van der Waals surface area (Å²) < 4.78 is 13.0. The summed E-state index contributed by atoms with van der Waals surface area (Å²) in [7, 11) is 1.79. The predicted molar refractivity (Wildman–Crippen MR) is 53.1 cm³/mol. The van der Waals surface area contributed by atoms with E-state index in [0.29, 0.717) is 13.1 Å². The highest BCUT2D eigenvalue weighted by Crippen LogP contribution is 2.10. The van der Waals surface area contributed by atoms with E-state index in [0.717, 1.165) is 5.56 Å². The van der Waals surface area contributed by atoms with E-state index in [-0.39, 0.29) is 5.56 Å².